The van der Waals surface area contributed by atoms with Crippen LogP contribution in [0.5, 0.6) is 28.7 Å². The van der Waals surface area contributed by atoms with Gasteiger partial charge in [-0.15, -0.1) is 11.2 Å². The molecule has 37 nitrogen and oxygen atoms in total. The number of aliphatic hydroxyl groups excluding tert-OH is 1. The van der Waals surface area contributed by atoms with E-state index in [9.17, 15) is 71.2 Å². The van der Waals surface area contributed by atoms with Crippen LogP contribution in [-0.4, -0.2) is 155 Å². The molecule has 604 valence electrons. The third kappa shape index (κ3) is 39.1. The van der Waals surface area contributed by atoms with E-state index < -0.39 is 114 Å². The molecule has 6 N–H and O–H groups in total. The Labute approximate surface area is 648 Å². The van der Waals surface area contributed by atoms with E-state index in [1.54, 1.807) is 48.5 Å². The monoisotopic (exact) mass is 1770 g/mol. The molecule has 0 bridgehead atoms. The lowest BCUT2D eigenvalue weighted by molar-refractivity contribution is -0.250. The number of phosphoric ester groups is 4. The number of carbonyl (C=O) groups is 4. The summed E-state index contributed by atoms with van der Waals surface area (Å²) in [5.41, 5.74) is -0.134. The van der Waals surface area contributed by atoms with Crippen molar-refractivity contribution in [2.75, 3.05) is 46.1 Å². The molecular weight excluding hydrogens is 1700 g/mol. The summed E-state index contributed by atoms with van der Waals surface area (Å²) in [6.07, 6.45) is -5.92. The minimum absolute atomic E-state index is 0.00357. The first kappa shape index (κ1) is 98.2. The average molecular weight is 1770 g/mol. The van der Waals surface area contributed by atoms with Crippen LogP contribution in [0, 0.1) is 13.1 Å². The minimum atomic E-state index is -6.07. The molecular formula is C60H72Cl4N2O35P8-4. The fourth-order valence-electron chi connectivity index (χ4n) is 9.02. The summed E-state index contributed by atoms with van der Waals surface area (Å²) in [4.78, 5) is 103. The molecule has 0 spiro atoms. The number of hydrogen-bond donors (Lipinski definition) is 6. The number of para-hydroxylation sites is 2. The van der Waals surface area contributed by atoms with Crippen molar-refractivity contribution in [3.05, 3.63) is 170 Å². The highest BCUT2D eigenvalue weighted by Gasteiger charge is 2.45. The molecule has 17 unspecified atom stereocenters. The molecule has 8 rings (SSSR count). The normalized spacial score (nSPS) is 22.3. The SMILES string of the molecule is CC1CC(OP(=O)([O-])Oc2ccc(Cl)cc2)C(COP(=O)([O-])OP(=O)([O-])OP(=O)([O-])O)O1.O=C(O)c1ccccc1O.O=C(O)c1ccccc1O.PCl.[C-]#[N+]CCOP(=O)(Oc1ccc(Cl)cc1)OC1CC(CC(C)=O)OC1CO.[C-]#[N+]CCOP(=O)(Oc1ccc(Cl)cc1)OC1CC(CC(C)=O)OC1COP. The summed E-state index contributed by atoms with van der Waals surface area (Å²) in [6, 6.07) is 29.2. The first-order valence-corrected chi connectivity index (χ1v) is 43.0. The van der Waals surface area contributed by atoms with Crippen LogP contribution in [0.15, 0.2) is 121 Å². The number of aliphatic hydroxyl groups is 1. The number of rotatable bonds is 34. The van der Waals surface area contributed by atoms with Crippen LogP contribution in [0.4, 0.5) is 0 Å². The standard InChI is InChI=1S/C17H22ClNO7P2.C17H21ClNO7P.C12H19ClO15P4.2C7H6O3.ClH2P/c1-12(20)9-15-10-16(17(24-15)11-22-27)26-28(21,23-8-7-19-2)25-14-5-3-13(18)4-6-14;1-12(21)9-15-10-16(17(11-20)24-15)26-27(22,23-8-7-19-2)25-14-5-3-13(18)4-6-14;1-8-6-11(26-31(19,20)25-10-4-2-9(13)3-5-10)12(24-8)7-23-30(17,18)28-32(21,22)27-29(14,15)16;2*8-6-4-2-1-3-5(6)7(9)10;1-2/h3-6,15-17H,7-11,27H2,1H3;3-6,15-17,20H,7-11H2,1H3;2-5,8,11-12H,6-7H2,1H3,(H,17,18)(H,19,20)(H,21,22)(H2,14,15,16);2*1-4,8H,(H,9,10);2H2/p-4. The van der Waals surface area contributed by atoms with Gasteiger partial charge in [-0.05, 0) is 126 Å². The van der Waals surface area contributed by atoms with Crippen molar-refractivity contribution in [1.29, 1.82) is 0 Å². The number of Topliss-reactive ketones (excluding diaryl/α,β-unsaturated/α-hetero) is 2. The average Bonchev–Trinajstić information content (AvgIpc) is 1.69. The van der Waals surface area contributed by atoms with Crippen LogP contribution in [0.1, 0.15) is 73.6 Å². The number of ether oxygens (including phenoxy) is 3. The Morgan fingerprint density at radius 3 is 1.27 bits per heavy atom. The maximum absolute atomic E-state index is 13.2. The van der Waals surface area contributed by atoms with Crippen molar-refractivity contribution < 1.29 is 165 Å². The lowest BCUT2D eigenvalue weighted by Gasteiger charge is -2.33. The number of halogens is 4. The van der Waals surface area contributed by atoms with Gasteiger partial charge in [-0.3, -0.25) is 45.9 Å². The highest BCUT2D eigenvalue weighted by Crippen LogP contribution is 2.62. The van der Waals surface area contributed by atoms with Crippen LogP contribution in [0.2, 0.25) is 15.1 Å². The fraction of sp³-hybridized carbons (Fsp3) is 0.400. The second kappa shape index (κ2) is 48.3. The second-order valence-corrected chi connectivity index (χ2v) is 32.2. The van der Waals surface area contributed by atoms with E-state index >= 15 is 0 Å². The lowest BCUT2D eigenvalue weighted by atomic mass is 10.1. The molecule has 0 aliphatic carbocycles. The zero-order chi connectivity index (χ0) is 81.9. The predicted molar refractivity (Wildman–Crippen MR) is 386 cm³/mol. The Balaban J connectivity index is 0.000000372. The molecule has 3 saturated heterocycles. The summed E-state index contributed by atoms with van der Waals surface area (Å²) in [5, 5.41) is 45.4. The van der Waals surface area contributed by atoms with E-state index in [0.717, 1.165) is 0 Å². The third-order valence-corrected chi connectivity index (χ3v) is 21.8. The Morgan fingerprint density at radius 1 is 0.532 bits per heavy atom. The maximum atomic E-state index is 13.2. The van der Waals surface area contributed by atoms with Gasteiger partial charge in [-0.2, -0.15) is 0 Å². The molecule has 3 heterocycles. The zero-order valence-electron chi connectivity index (χ0n) is 57.0. The van der Waals surface area contributed by atoms with Crippen molar-refractivity contribution in [1.82, 2.24) is 0 Å². The first-order chi connectivity index (χ1) is 51.1. The number of hydrogen-bond acceptors (Lipinski definition) is 32. The van der Waals surface area contributed by atoms with Gasteiger partial charge in [0.1, 0.15) is 95.2 Å². The molecule has 49 heteroatoms. The summed E-state index contributed by atoms with van der Waals surface area (Å²) >= 11 is 21.9. The van der Waals surface area contributed by atoms with Gasteiger partial charge in [-0.1, -0.05) is 59.1 Å². The Hall–Kier alpha value is -4.96. The molecule has 0 amide bonds. The van der Waals surface area contributed by atoms with Gasteiger partial charge in [0, 0.05) is 56.6 Å². The van der Waals surface area contributed by atoms with Gasteiger partial charge in [0.25, 0.3) is 23.5 Å². The van der Waals surface area contributed by atoms with Gasteiger partial charge >= 0.3 is 35.4 Å². The van der Waals surface area contributed by atoms with E-state index in [1.807, 2.05) is 8.59 Å². The quantitative estimate of drug-likeness (QED) is 0.0127. The molecule has 109 heavy (non-hydrogen) atoms. The number of aromatic hydroxyl groups is 2. The molecule has 17 atom stereocenters. The number of carboxylic acid groups (broad SMARTS) is 2. The number of ketones is 2. The van der Waals surface area contributed by atoms with Crippen LogP contribution in [-0.2, 0) is 91.5 Å². The zero-order valence-corrected chi connectivity index (χ0v) is 67.7. The largest absolute Gasteiger partial charge is 0.756 e. The van der Waals surface area contributed by atoms with E-state index in [4.69, 9.17) is 128 Å². The van der Waals surface area contributed by atoms with Crippen molar-refractivity contribution in [3.8, 4) is 28.7 Å². The summed E-state index contributed by atoms with van der Waals surface area (Å²) in [5.74, 6) is -2.37. The number of nitrogens with zero attached hydrogens (tertiary/aromatic N) is 2. The van der Waals surface area contributed by atoms with Crippen LogP contribution < -0.4 is 33.1 Å². The Bertz CT molecular complexity index is 4050. The number of benzene rings is 5. The highest BCUT2D eigenvalue weighted by atomic mass is 35.7. The van der Waals surface area contributed by atoms with Gasteiger partial charge in [-0.25, -0.2) is 40.5 Å². The smallest absolute Gasteiger partial charge is 0.530 e. The molecule has 0 radical (unpaired) electrons. The Morgan fingerprint density at radius 2 is 0.908 bits per heavy atom. The minimum Gasteiger partial charge on any atom is -0.756 e. The van der Waals surface area contributed by atoms with Gasteiger partial charge in [0.05, 0.1) is 44.2 Å². The van der Waals surface area contributed by atoms with Crippen molar-refractivity contribution in [2.24, 2.45) is 0 Å². The maximum Gasteiger partial charge on any atom is 0.530 e. The van der Waals surface area contributed by atoms with Gasteiger partial charge < -0.3 is 101 Å². The third-order valence-electron chi connectivity index (χ3n) is 13.3. The predicted octanol–water partition coefficient (Wildman–Crippen LogP) is 10.8. The lowest BCUT2D eigenvalue weighted by Crippen LogP contribution is -2.31. The van der Waals surface area contributed by atoms with Gasteiger partial charge in [0.2, 0.25) is 13.1 Å². The Kier molecular flexibility index (Phi) is 43.5. The second-order valence-electron chi connectivity index (χ2n) is 21.9. The number of phosphoric acid groups is 6. The molecule has 3 aliphatic rings. The number of phenols is 2. The molecule has 0 aromatic heterocycles. The van der Waals surface area contributed by atoms with Crippen molar-refractivity contribution in [3.63, 3.8) is 0 Å². The number of carboxylic acids is 2. The van der Waals surface area contributed by atoms with Crippen molar-refractivity contribution >= 4 is 135 Å². The topological polar surface area (TPSA) is 531 Å². The van der Waals surface area contributed by atoms with Gasteiger partial charge in [0.15, 0.2) is 0 Å². The summed E-state index contributed by atoms with van der Waals surface area (Å²) in [6.45, 7) is 16.6. The molecule has 3 aliphatic heterocycles. The van der Waals surface area contributed by atoms with E-state index in [1.165, 1.54) is 93.6 Å². The van der Waals surface area contributed by atoms with E-state index in [-0.39, 0.29) is 123 Å². The van der Waals surface area contributed by atoms with Crippen LogP contribution >= 0.6 is 111 Å². The van der Waals surface area contributed by atoms with Crippen LogP contribution in [0.3, 0.4) is 0 Å². The first-order valence-electron chi connectivity index (χ1n) is 30.8. The molecule has 3 fully saturated rings. The van der Waals surface area contributed by atoms with E-state index in [2.05, 4.69) is 43.5 Å². The van der Waals surface area contributed by atoms with Crippen LogP contribution in [0.25, 0.3) is 9.69 Å². The molecule has 5 aromatic rings. The summed E-state index contributed by atoms with van der Waals surface area (Å²) in [7, 11) is -26.9. The molecule has 5 aromatic carbocycles. The highest BCUT2D eigenvalue weighted by molar-refractivity contribution is 7.65. The number of carbonyl (C=O) groups excluding carboxylic acids is 2. The summed E-state index contributed by atoms with van der Waals surface area (Å²) < 4.78 is 147. The van der Waals surface area contributed by atoms with Crippen molar-refractivity contribution in [2.45, 2.75) is 108 Å². The van der Waals surface area contributed by atoms with E-state index in [0.29, 0.717) is 21.5 Å². The molecule has 0 saturated carbocycles. The fourth-order valence-corrected chi connectivity index (χ4v) is 16.2. The number of aromatic carboxylic acids is 2.